The maximum atomic E-state index is 12.5. The summed E-state index contributed by atoms with van der Waals surface area (Å²) in [6.45, 7) is 0. The van der Waals surface area contributed by atoms with E-state index < -0.39 is 71.2 Å². The summed E-state index contributed by atoms with van der Waals surface area (Å²) >= 11 is 0. The maximum Gasteiger partial charge on any atom is 0.258 e. The number of sulfonamides is 4. The number of hydrogen-bond donors (Lipinski definition) is 8. The fraction of sp³-hybridized carbons (Fsp3) is 0. The Morgan fingerprint density at radius 2 is 0.818 bits per heavy atom. The number of benzene rings is 2. The van der Waals surface area contributed by atoms with E-state index in [1.165, 1.54) is 19.3 Å². The smallest absolute Gasteiger partial charge is 0.258 e. The Morgan fingerprint density at radius 3 is 1.09 bits per heavy atom. The van der Waals surface area contributed by atoms with Crippen molar-refractivity contribution >= 4 is 40.1 Å². The van der Waals surface area contributed by atoms with Gasteiger partial charge in [-0.15, -0.1) is 9.66 Å². The summed E-state index contributed by atoms with van der Waals surface area (Å²) in [4.78, 5) is 1.68. The van der Waals surface area contributed by atoms with Crippen LogP contribution in [0.3, 0.4) is 0 Å². The predicted molar refractivity (Wildman–Crippen MR) is 111 cm³/mol. The number of nitrogens with one attached hydrogen (secondary N) is 4. The molecule has 2 aromatic rings. The summed E-state index contributed by atoms with van der Waals surface area (Å²) < 4.78 is 104. The van der Waals surface area contributed by atoms with E-state index >= 15 is 0 Å². The summed E-state index contributed by atoms with van der Waals surface area (Å²) in [5.74, 6) is 18.4. The van der Waals surface area contributed by atoms with E-state index in [9.17, 15) is 33.7 Å². The average molecular weight is 547 g/mol. The molecule has 0 aliphatic heterocycles. The number of nitrogens with two attached hydrogens (primary N) is 4. The molecule has 0 atom stereocenters. The van der Waals surface area contributed by atoms with Crippen LogP contribution >= 0.6 is 0 Å². The molecular formula is C12H18N8O9S4. The van der Waals surface area contributed by atoms with Crippen LogP contribution in [-0.2, 0) is 40.1 Å². The molecule has 17 nitrogen and oxygen atoms in total. The minimum Gasteiger partial charge on any atom is -0.454 e. The van der Waals surface area contributed by atoms with Crippen molar-refractivity contribution in [2.24, 2.45) is 23.4 Å². The zero-order chi connectivity index (χ0) is 25.2. The van der Waals surface area contributed by atoms with Gasteiger partial charge in [-0.25, -0.2) is 33.7 Å². The maximum absolute atomic E-state index is 12.5. The Hall–Kier alpha value is -2.28. The van der Waals surface area contributed by atoms with Gasteiger partial charge in [-0.1, -0.05) is 12.1 Å². The highest BCUT2D eigenvalue weighted by Crippen LogP contribution is 2.38. The molecule has 0 fully saturated rings. The fourth-order valence-corrected chi connectivity index (χ4v) is 6.89. The van der Waals surface area contributed by atoms with Gasteiger partial charge >= 0.3 is 0 Å². The van der Waals surface area contributed by atoms with Crippen LogP contribution in [0.1, 0.15) is 0 Å². The monoisotopic (exact) mass is 546 g/mol. The zero-order valence-corrected chi connectivity index (χ0v) is 19.3. The van der Waals surface area contributed by atoms with Crippen molar-refractivity contribution in [1.29, 1.82) is 0 Å². The third-order valence-electron chi connectivity index (χ3n) is 3.84. The third kappa shape index (κ3) is 5.29. The van der Waals surface area contributed by atoms with Gasteiger partial charge < -0.3 is 4.74 Å². The molecule has 184 valence electrons. The second kappa shape index (κ2) is 9.53. The number of hydrogen-bond acceptors (Lipinski definition) is 13. The SMILES string of the molecule is NNS(=O)(=O)c1cccc(Oc2cccc(S(=O)(=O)NN)c2S(=O)(=O)NN)c1S(=O)(=O)NN. The molecule has 0 spiro atoms. The summed E-state index contributed by atoms with van der Waals surface area (Å²) in [5.41, 5.74) is 0. The van der Waals surface area contributed by atoms with Gasteiger partial charge in [0.1, 0.15) is 31.1 Å². The molecule has 0 aromatic heterocycles. The molecule has 0 aliphatic rings. The molecule has 0 heterocycles. The summed E-state index contributed by atoms with van der Waals surface area (Å²) in [5, 5.41) is 0. The van der Waals surface area contributed by atoms with E-state index in [-0.39, 0.29) is 0 Å². The standard InChI is InChI=1S/C12H18N8O9S4/c13-17-30(21,22)9-5-1-3-7(11(9)32(25,26)19-15)29-8-4-2-6-10(31(23,24)18-14)12(8)33(27,28)20-16/h1-6,17-20H,13-16H2. The lowest BCUT2D eigenvalue weighted by atomic mass is 10.3. The van der Waals surface area contributed by atoms with Gasteiger partial charge in [-0.2, -0.15) is 9.66 Å². The van der Waals surface area contributed by atoms with E-state index in [0.29, 0.717) is 0 Å². The van der Waals surface area contributed by atoms with E-state index in [2.05, 4.69) is 0 Å². The minimum absolute atomic E-state index is 0.770. The van der Waals surface area contributed by atoms with Gasteiger partial charge in [0.05, 0.1) is 0 Å². The molecule has 12 N–H and O–H groups in total. The van der Waals surface area contributed by atoms with Crippen molar-refractivity contribution in [2.75, 3.05) is 0 Å². The third-order valence-corrected chi connectivity index (χ3v) is 9.10. The number of hydrazine groups is 4. The van der Waals surface area contributed by atoms with Crippen LogP contribution in [0.2, 0.25) is 0 Å². The van der Waals surface area contributed by atoms with Crippen LogP contribution in [0, 0.1) is 0 Å². The summed E-state index contributed by atoms with van der Waals surface area (Å²) in [7, 11) is -18.8. The highest BCUT2D eigenvalue weighted by atomic mass is 32.2. The quantitative estimate of drug-likeness (QED) is 0.104. The lowest BCUT2D eigenvalue weighted by molar-refractivity contribution is 0.444. The van der Waals surface area contributed by atoms with Crippen molar-refractivity contribution in [1.82, 2.24) is 19.3 Å². The predicted octanol–water partition coefficient (Wildman–Crippen LogP) is -3.91. The van der Waals surface area contributed by atoms with E-state index in [1.807, 2.05) is 0 Å². The van der Waals surface area contributed by atoms with Gasteiger partial charge in [0.15, 0.2) is 0 Å². The molecule has 0 saturated carbocycles. The molecule has 2 aromatic carbocycles. The fourth-order valence-electron chi connectivity index (χ4n) is 2.47. The van der Waals surface area contributed by atoms with Gasteiger partial charge in [-0.3, -0.25) is 23.4 Å². The first-order chi connectivity index (χ1) is 15.2. The molecular weight excluding hydrogens is 528 g/mol. The Labute approximate surface area is 188 Å². The Bertz CT molecular complexity index is 1380. The molecule has 0 bridgehead atoms. The highest BCUT2D eigenvalue weighted by molar-refractivity contribution is 7.93. The van der Waals surface area contributed by atoms with Crippen LogP contribution in [0.15, 0.2) is 56.0 Å². The molecule has 0 amide bonds. The van der Waals surface area contributed by atoms with E-state index in [0.717, 1.165) is 36.4 Å². The Balaban J connectivity index is 2.96. The van der Waals surface area contributed by atoms with Crippen molar-refractivity contribution in [3.63, 3.8) is 0 Å². The Morgan fingerprint density at radius 1 is 0.515 bits per heavy atom. The van der Waals surface area contributed by atoms with Crippen LogP contribution in [0.4, 0.5) is 0 Å². The van der Waals surface area contributed by atoms with Crippen molar-refractivity contribution in [3.05, 3.63) is 36.4 Å². The zero-order valence-electron chi connectivity index (χ0n) is 16.1. The largest absolute Gasteiger partial charge is 0.454 e. The topological polar surface area (TPSA) is 298 Å². The molecule has 2 rings (SSSR count). The van der Waals surface area contributed by atoms with Crippen LogP contribution < -0.4 is 47.4 Å². The van der Waals surface area contributed by atoms with Crippen molar-refractivity contribution in [3.8, 4) is 11.5 Å². The summed E-state index contributed by atoms with van der Waals surface area (Å²) in [6.07, 6.45) is 0. The molecule has 0 radical (unpaired) electrons. The van der Waals surface area contributed by atoms with Gasteiger partial charge in [0, 0.05) is 0 Å². The molecule has 33 heavy (non-hydrogen) atoms. The number of rotatable bonds is 10. The first-order valence-electron chi connectivity index (χ1n) is 8.02. The average Bonchev–Trinajstić information content (AvgIpc) is 2.78. The van der Waals surface area contributed by atoms with Crippen molar-refractivity contribution in [2.45, 2.75) is 19.6 Å². The van der Waals surface area contributed by atoms with E-state index in [4.69, 9.17) is 28.1 Å². The van der Waals surface area contributed by atoms with Gasteiger partial charge in [0.2, 0.25) is 0 Å². The second-order valence-corrected chi connectivity index (χ2v) is 12.4. The second-order valence-electron chi connectivity index (χ2n) is 5.75. The normalized spacial score (nSPS) is 13.1. The van der Waals surface area contributed by atoms with Crippen LogP contribution in [0.25, 0.3) is 0 Å². The van der Waals surface area contributed by atoms with Crippen molar-refractivity contribution < 1.29 is 38.4 Å². The highest BCUT2D eigenvalue weighted by Gasteiger charge is 2.33. The van der Waals surface area contributed by atoms with Crippen LogP contribution in [0.5, 0.6) is 11.5 Å². The first-order valence-corrected chi connectivity index (χ1v) is 13.9. The lowest BCUT2D eigenvalue weighted by Gasteiger charge is -2.18. The van der Waals surface area contributed by atoms with Gasteiger partial charge in [-0.05, 0) is 24.3 Å². The Kier molecular flexibility index (Phi) is 7.79. The molecule has 0 saturated heterocycles. The van der Waals surface area contributed by atoms with E-state index in [1.54, 1.807) is 0 Å². The minimum atomic E-state index is -4.78. The lowest BCUT2D eigenvalue weighted by Crippen LogP contribution is -2.35. The first kappa shape index (κ1) is 27.0. The molecule has 21 heteroatoms. The summed E-state index contributed by atoms with van der Waals surface area (Å²) in [6, 6.07) is 5.62. The number of ether oxygens (including phenoxy) is 1. The molecule has 0 unspecified atom stereocenters. The molecule has 0 aliphatic carbocycles. The van der Waals surface area contributed by atoms with Crippen LogP contribution in [-0.4, -0.2) is 33.7 Å². The van der Waals surface area contributed by atoms with Gasteiger partial charge in [0.25, 0.3) is 40.1 Å².